The van der Waals surface area contributed by atoms with Gasteiger partial charge in [-0.2, -0.15) is 0 Å². The molecule has 1 aliphatic heterocycles. The number of rotatable bonds is 5. The molecule has 2 rings (SSSR count). The maximum atomic E-state index is 12.2. The van der Waals surface area contributed by atoms with Crippen LogP contribution < -0.4 is 15.7 Å². The van der Waals surface area contributed by atoms with Crippen molar-refractivity contribution in [2.24, 2.45) is 0 Å². The minimum absolute atomic E-state index is 0.379. The van der Waals surface area contributed by atoms with E-state index in [1.807, 2.05) is 12.1 Å². The second-order valence-electron chi connectivity index (χ2n) is 6.00. The van der Waals surface area contributed by atoms with E-state index in [1.165, 1.54) is 12.4 Å². The van der Waals surface area contributed by atoms with E-state index in [-0.39, 0.29) is 0 Å². The fourth-order valence-electron chi connectivity index (χ4n) is 2.59. The van der Waals surface area contributed by atoms with E-state index in [2.05, 4.69) is 22.2 Å². The number of aliphatic hydroxyl groups is 1. The minimum atomic E-state index is -1.22. The van der Waals surface area contributed by atoms with Crippen LogP contribution in [0.15, 0.2) is 24.3 Å². The molecule has 0 radical (unpaired) electrons. The summed E-state index contributed by atoms with van der Waals surface area (Å²) in [5.74, 6) is -1.36. The van der Waals surface area contributed by atoms with Gasteiger partial charge in [0.1, 0.15) is 6.04 Å². The summed E-state index contributed by atoms with van der Waals surface area (Å²) in [7, 11) is 2.09. The van der Waals surface area contributed by atoms with Crippen molar-refractivity contribution in [3.8, 4) is 0 Å². The molecule has 1 aromatic carbocycles. The number of hydroxylamine groups is 1. The highest BCUT2D eigenvalue weighted by atomic mass is 16.5. The summed E-state index contributed by atoms with van der Waals surface area (Å²) in [5.41, 5.74) is 2.86. The SMILES string of the molecule is CC(O)C(NC(=O)c1ccc(N2CCN(C)CC2)cc1)C(=O)NO. The number of carbonyl (C=O) groups excluding carboxylic acids is 2. The lowest BCUT2D eigenvalue weighted by Crippen LogP contribution is -2.51. The number of hydrogen-bond acceptors (Lipinski definition) is 6. The predicted molar refractivity (Wildman–Crippen MR) is 89.0 cm³/mol. The number of hydrogen-bond donors (Lipinski definition) is 4. The van der Waals surface area contributed by atoms with E-state index in [1.54, 1.807) is 12.1 Å². The fraction of sp³-hybridized carbons (Fsp3) is 0.500. The Bertz CT molecular complexity index is 568. The summed E-state index contributed by atoms with van der Waals surface area (Å²) in [6.07, 6.45) is -1.13. The van der Waals surface area contributed by atoms with Crippen LogP contribution in [0.4, 0.5) is 5.69 Å². The number of likely N-dealkylation sites (N-methyl/N-ethyl adjacent to an activating group) is 1. The largest absolute Gasteiger partial charge is 0.391 e. The van der Waals surface area contributed by atoms with Gasteiger partial charge in [0, 0.05) is 37.4 Å². The van der Waals surface area contributed by atoms with Crippen LogP contribution in [0.2, 0.25) is 0 Å². The number of benzene rings is 1. The molecule has 0 aliphatic carbocycles. The Morgan fingerprint density at radius 1 is 1.12 bits per heavy atom. The molecule has 8 heteroatoms. The van der Waals surface area contributed by atoms with Crippen LogP contribution in [-0.2, 0) is 4.79 Å². The number of nitrogens with one attached hydrogen (secondary N) is 2. The maximum Gasteiger partial charge on any atom is 0.268 e. The molecule has 1 saturated heterocycles. The Hall–Kier alpha value is -2.16. The van der Waals surface area contributed by atoms with Crippen molar-refractivity contribution in [1.29, 1.82) is 0 Å². The molecule has 2 atom stereocenters. The first kappa shape index (κ1) is 18.2. The fourth-order valence-corrected chi connectivity index (χ4v) is 2.59. The van der Waals surface area contributed by atoms with Crippen LogP contribution in [0.25, 0.3) is 0 Å². The highest BCUT2D eigenvalue weighted by Crippen LogP contribution is 2.17. The number of piperazine rings is 1. The average Bonchev–Trinajstić information content (AvgIpc) is 2.59. The van der Waals surface area contributed by atoms with Gasteiger partial charge in [0.15, 0.2) is 0 Å². The van der Waals surface area contributed by atoms with Crippen molar-refractivity contribution in [3.63, 3.8) is 0 Å². The standard InChI is InChI=1S/C16H24N4O4/c1-11(21)14(16(23)18-24)17-15(22)12-3-5-13(6-4-12)20-9-7-19(2)8-10-20/h3-6,11,14,21,24H,7-10H2,1-2H3,(H,17,22)(H,18,23). The van der Waals surface area contributed by atoms with Gasteiger partial charge in [0.05, 0.1) is 6.10 Å². The summed E-state index contributed by atoms with van der Waals surface area (Å²) in [6.45, 7) is 5.21. The molecule has 0 spiro atoms. The Morgan fingerprint density at radius 2 is 1.71 bits per heavy atom. The van der Waals surface area contributed by atoms with Crippen molar-refractivity contribution in [2.45, 2.75) is 19.1 Å². The number of nitrogens with zero attached hydrogens (tertiary/aromatic N) is 2. The van der Waals surface area contributed by atoms with E-state index < -0.39 is 24.0 Å². The average molecular weight is 336 g/mol. The van der Waals surface area contributed by atoms with Crippen LogP contribution in [-0.4, -0.2) is 72.4 Å². The second-order valence-corrected chi connectivity index (χ2v) is 6.00. The number of aliphatic hydroxyl groups excluding tert-OH is 1. The van der Waals surface area contributed by atoms with Crippen LogP contribution in [0.1, 0.15) is 17.3 Å². The van der Waals surface area contributed by atoms with E-state index in [0.29, 0.717) is 5.56 Å². The van der Waals surface area contributed by atoms with Gasteiger partial charge in [-0.1, -0.05) is 0 Å². The summed E-state index contributed by atoms with van der Waals surface area (Å²) in [6, 6.07) is 5.87. The minimum Gasteiger partial charge on any atom is -0.391 e. The number of anilines is 1. The molecule has 2 unspecified atom stereocenters. The highest BCUT2D eigenvalue weighted by molar-refractivity contribution is 5.97. The molecular weight excluding hydrogens is 312 g/mol. The Labute approximate surface area is 141 Å². The summed E-state index contributed by atoms with van der Waals surface area (Å²) < 4.78 is 0. The normalized spacial score (nSPS) is 17.9. The Balaban J connectivity index is 2.01. The topological polar surface area (TPSA) is 105 Å². The molecule has 24 heavy (non-hydrogen) atoms. The number of amides is 2. The van der Waals surface area contributed by atoms with Crippen LogP contribution in [0.5, 0.6) is 0 Å². The van der Waals surface area contributed by atoms with Gasteiger partial charge in [-0.3, -0.25) is 14.8 Å². The van der Waals surface area contributed by atoms with E-state index in [9.17, 15) is 14.7 Å². The quantitative estimate of drug-likeness (QED) is 0.424. The zero-order valence-corrected chi connectivity index (χ0v) is 13.9. The lowest BCUT2D eigenvalue weighted by molar-refractivity contribution is -0.133. The third-order valence-electron chi connectivity index (χ3n) is 4.16. The van der Waals surface area contributed by atoms with Gasteiger partial charge in [0.25, 0.3) is 11.8 Å². The predicted octanol–water partition coefficient (Wildman–Crippen LogP) is -0.577. The van der Waals surface area contributed by atoms with Gasteiger partial charge in [0.2, 0.25) is 0 Å². The first-order chi connectivity index (χ1) is 11.4. The summed E-state index contributed by atoms with van der Waals surface area (Å²) in [4.78, 5) is 28.2. The van der Waals surface area contributed by atoms with Gasteiger partial charge < -0.3 is 20.2 Å². The van der Waals surface area contributed by atoms with Crippen molar-refractivity contribution in [2.75, 3.05) is 38.1 Å². The van der Waals surface area contributed by atoms with Gasteiger partial charge >= 0.3 is 0 Å². The second kappa shape index (κ2) is 8.09. The van der Waals surface area contributed by atoms with E-state index in [4.69, 9.17) is 5.21 Å². The number of carbonyl (C=O) groups is 2. The first-order valence-corrected chi connectivity index (χ1v) is 7.89. The lowest BCUT2D eigenvalue weighted by atomic mass is 10.1. The van der Waals surface area contributed by atoms with Crippen molar-refractivity contribution in [3.05, 3.63) is 29.8 Å². The van der Waals surface area contributed by atoms with Crippen LogP contribution >= 0.6 is 0 Å². The third-order valence-corrected chi connectivity index (χ3v) is 4.16. The first-order valence-electron chi connectivity index (χ1n) is 7.89. The zero-order valence-electron chi connectivity index (χ0n) is 13.9. The molecule has 1 aromatic rings. The molecule has 8 nitrogen and oxygen atoms in total. The molecule has 0 saturated carbocycles. The highest BCUT2D eigenvalue weighted by Gasteiger charge is 2.25. The summed E-state index contributed by atoms with van der Waals surface area (Å²) >= 11 is 0. The van der Waals surface area contributed by atoms with Crippen molar-refractivity contribution >= 4 is 17.5 Å². The molecule has 4 N–H and O–H groups in total. The molecule has 2 amide bonds. The van der Waals surface area contributed by atoms with Crippen LogP contribution in [0, 0.1) is 0 Å². The molecule has 132 valence electrons. The molecule has 0 bridgehead atoms. The molecular formula is C16H24N4O4. The van der Waals surface area contributed by atoms with Crippen molar-refractivity contribution in [1.82, 2.24) is 15.7 Å². The Kier molecular flexibility index (Phi) is 6.13. The van der Waals surface area contributed by atoms with E-state index >= 15 is 0 Å². The monoisotopic (exact) mass is 336 g/mol. The Morgan fingerprint density at radius 3 is 2.21 bits per heavy atom. The van der Waals surface area contributed by atoms with Gasteiger partial charge in [-0.15, -0.1) is 0 Å². The smallest absolute Gasteiger partial charge is 0.268 e. The van der Waals surface area contributed by atoms with Crippen LogP contribution in [0.3, 0.4) is 0 Å². The van der Waals surface area contributed by atoms with Gasteiger partial charge in [-0.25, -0.2) is 5.48 Å². The lowest BCUT2D eigenvalue weighted by Gasteiger charge is -2.34. The molecule has 1 heterocycles. The summed E-state index contributed by atoms with van der Waals surface area (Å²) in [5, 5.41) is 20.6. The molecule has 0 aromatic heterocycles. The van der Waals surface area contributed by atoms with Gasteiger partial charge in [-0.05, 0) is 38.2 Å². The maximum absolute atomic E-state index is 12.2. The zero-order chi connectivity index (χ0) is 17.7. The molecule has 1 fully saturated rings. The van der Waals surface area contributed by atoms with Crippen molar-refractivity contribution < 1.29 is 19.9 Å². The molecule has 1 aliphatic rings. The third kappa shape index (κ3) is 4.44. The van der Waals surface area contributed by atoms with E-state index in [0.717, 1.165) is 31.9 Å².